The van der Waals surface area contributed by atoms with Crippen molar-refractivity contribution in [2.45, 2.75) is 20.3 Å². The van der Waals surface area contributed by atoms with E-state index < -0.39 is 16.4 Å². The molecule has 4 heteroatoms. The number of carbonyl (C=O) groups is 2. The summed E-state index contributed by atoms with van der Waals surface area (Å²) in [7, 11) is 0. The minimum atomic E-state index is -0.835. The van der Waals surface area contributed by atoms with Gasteiger partial charge in [-0.3, -0.25) is 9.59 Å². The van der Waals surface area contributed by atoms with Crippen molar-refractivity contribution in [3.8, 4) is 0 Å². The molecule has 0 fully saturated rings. The molecule has 0 heterocycles. The minimum absolute atomic E-state index is 0.241. The fourth-order valence-corrected chi connectivity index (χ4v) is 1.18. The third kappa shape index (κ3) is 4.38. The zero-order chi connectivity index (χ0) is 9.02. The quantitative estimate of drug-likeness (QED) is 0.511. The van der Waals surface area contributed by atoms with Crippen LogP contribution in [0.3, 0.4) is 0 Å². The van der Waals surface area contributed by atoms with Gasteiger partial charge >= 0.3 is 0 Å². The van der Waals surface area contributed by atoms with E-state index in [2.05, 4.69) is 0 Å². The van der Waals surface area contributed by atoms with Gasteiger partial charge in [-0.25, -0.2) is 0 Å². The van der Waals surface area contributed by atoms with Gasteiger partial charge in [-0.1, -0.05) is 13.8 Å². The standard InChI is InChI=1S/C7H10Cl2O2/c1-4(2)3-5(6(8)10)7(9)11/h4-5H,3H2,1-2H3. The van der Waals surface area contributed by atoms with Gasteiger partial charge in [0, 0.05) is 0 Å². The van der Waals surface area contributed by atoms with Gasteiger partial charge in [0.25, 0.3) is 0 Å². The maximum atomic E-state index is 10.6. The average molecular weight is 197 g/mol. The molecule has 0 atom stereocenters. The molecule has 0 rings (SSSR count). The summed E-state index contributed by atoms with van der Waals surface area (Å²) in [6, 6.07) is 0. The second-order valence-electron chi connectivity index (χ2n) is 2.79. The Bertz CT molecular complexity index is 152. The van der Waals surface area contributed by atoms with Gasteiger partial charge in [0.2, 0.25) is 10.5 Å². The largest absolute Gasteiger partial charge is 0.280 e. The van der Waals surface area contributed by atoms with E-state index in [9.17, 15) is 9.59 Å². The third-order valence-electron chi connectivity index (χ3n) is 1.26. The molecule has 0 aromatic carbocycles. The Morgan fingerprint density at radius 1 is 1.18 bits per heavy atom. The molecule has 0 bridgehead atoms. The third-order valence-corrected chi connectivity index (χ3v) is 1.78. The predicted molar refractivity (Wildman–Crippen MR) is 44.7 cm³/mol. The lowest BCUT2D eigenvalue weighted by molar-refractivity contribution is -0.124. The highest BCUT2D eigenvalue weighted by Crippen LogP contribution is 2.17. The maximum absolute atomic E-state index is 10.6. The molecule has 0 aliphatic rings. The Morgan fingerprint density at radius 2 is 1.55 bits per heavy atom. The molecule has 0 aromatic rings. The molecule has 0 radical (unpaired) electrons. The molecule has 0 spiro atoms. The van der Waals surface area contributed by atoms with E-state index in [0.29, 0.717) is 6.42 Å². The average Bonchev–Trinajstić information content (AvgIpc) is 1.81. The van der Waals surface area contributed by atoms with Gasteiger partial charge in [0.15, 0.2) is 0 Å². The first kappa shape index (κ1) is 10.9. The lowest BCUT2D eigenvalue weighted by Gasteiger charge is -2.09. The Morgan fingerprint density at radius 3 is 1.64 bits per heavy atom. The molecule has 0 saturated carbocycles. The lowest BCUT2D eigenvalue weighted by Crippen LogP contribution is -2.18. The molecule has 0 amide bonds. The van der Waals surface area contributed by atoms with Crippen molar-refractivity contribution in [1.29, 1.82) is 0 Å². The summed E-state index contributed by atoms with van der Waals surface area (Å²) in [4.78, 5) is 21.2. The monoisotopic (exact) mass is 196 g/mol. The summed E-state index contributed by atoms with van der Waals surface area (Å²) in [5, 5.41) is -1.34. The van der Waals surface area contributed by atoms with Crippen molar-refractivity contribution >= 4 is 33.7 Å². The van der Waals surface area contributed by atoms with Crippen LogP contribution in [0.5, 0.6) is 0 Å². The molecule has 2 nitrogen and oxygen atoms in total. The van der Waals surface area contributed by atoms with Gasteiger partial charge in [0.05, 0.1) is 0 Å². The van der Waals surface area contributed by atoms with Crippen LogP contribution >= 0.6 is 23.2 Å². The molecule has 0 saturated heterocycles. The summed E-state index contributed by atoms with van der Waals surface area (Å²) in [5.41, 5.74) is 0. The first-order chi connectivity index (χ1) is 4.95. The van der Waals surface area contributed by atoms with Crippen LogP contribution in [0, 0.1) is 11.8 Å². The SMILES string of the molecule is CC(C)CC(C(=O)Cl)C(=O)Cl. The molecule has 0 aliphatic carbocycles. The van der Waals surface area contributed by atoms with Crippen molar-refractivity contribution in [2.24, 2.45) is 11.8 Å². The molecular formula is C7H10Cl2O2. The van der Waals surface area contributed by atoms with Crippen LogP contribution in [0.4, 0.5) is 0 Å². The van der Waals surface area contributed by atoms with Gasteiger partial charge in [-0.05, 0) is 35.5 Å². The van der Waals surface area contributed by atoms with E-state index in [1.54, 1.807) is 0 Å². The minimum Gasteiger partial charge on any atom is -0.280 e. The highest BCUT2D eigenvalue weighted by molar-refractivity contribution is 6.73. The van der Waals surface area contributed by atoms with E-state index in [1.807, 2.05) is 13.8 Å². The zero-order valence-electron chi connectivity index (χ0n) is 6.43. The van der Waals surface area contributed by atoms with Crippen molar-refractivity contribution in [3.63, 3.8) is 0 Å². The Hall–Kier alpha value is -0.0800. The topological polar surface area (TPSA) is 34.1 Å². The van der Waals surface area contributed by atoms with Crippen LogP contribution in [0.25, 0.3) is 0 Å². The smallest absolute Gasteiger partial charge is 0.233 e. The highest BCUT2D eigenvalue weighted by Gasteiger charge is 2.23. The fraction of sp³-hybridized carbons (Fsp3) is 0.714. The van der Waals surface area contributed by atoms with Crippen LogP contribution in [-0.4, -0.2) is 10.5 Å². The van der Waals surface area contributed by atoms with E-state index in [-0.39, 0.29) is 5.92 Å². The molecule has 0 aromatic heterocycles. The number of rotatable bonds is 4. The van der Waals surface area contributed by atoms with Crippen molar-refractivity contribution < 1.29 is 9.59 Å². The first-order valence-corrected chi connectivity index (χ1v) is 4.09. The molecule has 0 N–H and O–H groups in total. The van der Waals surface area contributed by atoms with Crippen molar-refractivity contribution in [3.05, 3.63) is 0 Å². The van der Waals surface area contributed by atoms with Crippen LogP contribution in [0.15, 0.2) is 0 Å². The molecule has 0 unspecified atom stereocenters. The molecule has 11 heavy (non-hydrogen) atoms. The van der Waals surface area contributed by atoms with E-state index >= 15 is 0 Å². The molecule has 64 valence electrons. The van der Waals surface area contributed by atoms with Crippen LogP contribution in [0.2, 0.25) is 0 Å². The van der Waals surface area contributed by atoms with Crippen molar-refractivity contribution in [2.75, 3.05) is 0 Å². The summed E-state index contributed by atoms with van der Waals surface area (Å²) >= 11 is 10.3. The Kier molecular flexibility index (Phi) is 4.69. The zero-order valence-corrected chi connectivity index (χ0v) is 7.95. The first-order valence-electron chi connectivity index (χ1n) is 3.33. The van der Waals surface area contributed by atoms with E-state index in [4.69, 9.17) is 23.2 Å². The van der Waals surface area contributed by atoms with Crippen LogP contribution in [-0.2, 0) is 9.59 Å². The second-order valence-corrected chi connectivity index (χ2v) is 3.54. The lowest BCUT2D eigenvalue weighted by atomic mass is 10.00. The van der Waals surface area contributed by atoms with Crippen LogP contribution < -0.4 is 0 Å². The van der Waals surface area contributed by atoms with E-state index in [1.165, 1.54) is 0 Å². The maximum Gasteiger partial charge on any atom is 0.233 e. The summed E-state index contributed by atoms with van der Waals surface area (Å²) in [6.07, 6.45) is 0.421. The second kappa shape index (κ2) is 4.73. The normalized spacial score (nSPS) is 10.7. The van der Waals surface area contributed by atoms with Gasteiger partial charge in [0.1, 0.15) is 5.92 Å². The van der Waals surface area contributed by atoms with Gasteiger partial charge in [-0.15, -0.1) is 0 Å². The Labute approximate surface area is 75.9 Å². The number of hydrogen-bond acceptors (Lipinski definition) is 2. The molecule has 0 aliphatic heterocycles. The van der Waals surface area contributed by atoms with Gasteiger partial charge < -0.3 is 0 Å². The summed E-state index contributed by atoms with van der Waals surface area (Å²) in [6.45, 7) is 3.79. The van der Waals surface area contributed by atoms with E-state index in [0.717, 1.165) is 0 Å². The Balaban J connectivity index is 4.12. The summed E-state index contributed by atoms with van der Waals surface area (Å²) < 4.78 is 0. The van der Waals surface area contributed by atoms with Crippen LogP contribution in [0.1, 0.15) is 20.3 Å². The number of carbonyl (C=O) groups excluding carboxylic acids is 2. The predicted octanol–water partition coefficient (Wildman–Crippen LogP) is 2.18. The number of halogens is 2. The van der Waals surface area contributed by atoms with Crippen molar-refractivity contribution in [1.82, 2.24) is 0 Å². The highest BCUT2D eigenvalue weighted by atomic mass is 35.5. The molecular weight excluding hydrogens is 187 g/mol. The fourth-order valence-electron chi connectivity index (χ4n) is 0.746. The summed E-state index contributed by atoms with van der Waals surface area (Å²) in [5.74, 6) is -0.594. The number of hydrogen-bond donors (Lipinski definition) is 0. The van der Waals surface area contributed by atoms with Gasteiger partial charge in [-0.2, -0.15) is 0 Å².